The summed E-state index contributed by atoms with van der Waals surface area (Å²) in [6, 6.07) is 0. The zero-order valence-electron chi connectivity index (χ0n) is 16.0. The van der Waals surface area contributed by atoms with Crippen molar-refractivity contribution in [3.05, 3.63) is 0 Å². The Balaban J connectivity index is 4.04. The van der Waals surface area contributed by atoms with Crippen molar-refractivity contribution >= 4 is 5.97 Å². The van der Waals surface area contributed by atoms with E-state index < -0.39 is 6.10 Å². The van der Waals surface area contributed by atoms with E-state index in [0.29, 0.717) is 12.3 Å². The second-order valence-electron chi connectivity index (χ2n) is 7.00. The molecule has 0 bridgehead atoms. The van der Waals surface area contributed by atoms with Gasteiger partial charge < -0.3 is 14.9 Å². The minimum Gasteiger partial charge on any atom is -0.463 e. The maximum atomic E-state index is 11.9. The number of rotatable bonds is 17. The minimum absolute atomic E-state index is 0.102. The van der Waals surface area contributed by atoms with Gasteiger partial charge in [-0.2, -0.15) is 0 Å². The molecule has 4 heteroatoms. The number of unbranched alkanes of at least 4 members (excludes halogenated alkanes) is 8. The number of aliphatic hydroxyl groups excluding tert-OH is 2. The smallest absolute Gasteiger partial charge is 0.306 e. The van der Waals surface area contributed by atoms with Gasteiger partial charge in [-0.1, -0.05) is 78.1 Å². The van der Waals surface area contributed by atoms with E-state index >= 15 is 0 Å². The van der Waals surface area contributed by atoms with Crippen molar-refractivity contribution in [1.29, 1.82) is 0 Å². The molecule has 2 unspecified atom stereocenters. The monoisotopic (exact) mass is 344 g/mol. The Morgan fingerprint density at radius 3 is 1.92 bits per heavy atom. The topological polar surface area (TPSA) is 66.8 Å². The predicted molar refractivity (Wildman–Crippen MR) is 98.9 cm³/mol. The van der Waals surface area contributed by atoms with Crippen LogP contribution in [0, 0.1) is 5.92 Å². The second-order valence-corrected chi connectivity index (χ2v) is 7.00. The average Bonchev–Trinajstić information content (AvgIpc) is 2.59. The Kier molecular flexibility index (Phi) is 16.8. The van der Waals surface area contributed by atoms with E-state index in [1.807, 2.05) is 0 Å². The fraction of sp³-hybridized carbons (Fsp3) is 0.950. The van der Waals surface area contributed by atoms with E-state index in [1.165, 1.54) is 64.2 Å². The van der Waals surface area contributed by atoms with E-state index in [1.54, 1.807) is 0 Å². The fourth-order valence-corrected chi connectivity index (χ4v) is 2.96. The molecular weight excluding hydrogens is 304 g/mol. The summed E-state index contributed by atoms with van der Waals surface area (Å²) in [5.41, 5.74) is 0. The lowest BCUT2D eigenvalue weighted by Gasteiger charge is -2.17. The largest absolute Gasteiger partial charge is 0.463 e. The number of esters is 1. The molecule has 0 aromatic heterocycles. The van der Waals surface area contributed by atoms with E-state index in [0.717, 1.165) is 12.8 Å². The quantitative estimate of drug-likeness (QED) is 0.299. The highest BCUT2D eigenvalue weighted by Crippen LogP contribution is 2.22. The van der Waals surface area contributed by atoms with Gasteiger partial charge in [-0.3, -0.25) is 4.79 Å². The molecule has 0 aliphatic heterocycles. The summed E-state index contributed by atoms with van der Waals surface area (Å²) in [6.45, 7) is 3.96. The van der Waals surface area contributed by atoms with Gasteiger partial charge in [0.1, 0.15) is 12.7 Å². The minimum atomic E-state index is -0.962. The number of carbonyl (C=O) groups is 1. The molecule has 4 nitrogen and oxygen atoms in total. The van der Waals surface area contributed by atoms with Crippen molar-refractivity contribution in [1.82, 2.24) is 0 Å². The van der Waals surface area contributed by atoms with E-state index in [4.69, 9.17) is 9.84 Å². The van der Waals surface area contributed by atoms with Gasteiger partial charge in [0.15, 0.2) is 0 Å². The van der Waals surface area contributed by atoms with Crippen LogP contribution < -0.4 is 0 Å². The Labute approximate surface area is 149 Å². The van der Waals surface area contributed by atoms with Crippen molar-refractivity contribution in [2.24, 2.45) is 5.92 Å². The van der Waals surface area contributed by atoms with Crippen LogP contribution in [-0.2, 0) is 9.53 Å². The summed E-state index contributed by atoms with van der Waals surface area (Å²) in [5.74, 6) is 0.153. The van der Waals surface area contributed by atoms with Crippen LogP contribution in [0.15, 0.2) is 0 Å². The van der Waals surface area contributed by atoms with Gasteiger partial charge in [-0.15, -0.1) is 0 Å². The third kappa shape index (κ3) is 14.9. The zero-order chi connectivity index (χ0) is 18.0. The molecule has 0 saturated heterocycles. The van der Waals surface area contributed by atoms with Crippen molar-refractivity contribution in [3.63, 3.8) is 0 Å². The number of ether oxygens (including phenoxy) is 1. The van der Waals surface area contributed by atoms with Crippen LogP contribution in [0.25, 0.3) is 0 Å². The molecule has 0 aliphatic carbocycles. The van der Waals surface area contributed by atoms with E-state index in [9.17, 15) is 9.90 Å². The Morgan fingerprint density at radius 1 is 0.875 bits per heavy atom. The van der Waals surface area contributed by atoms with Gasteiger partial charge in [0.25, 0.3) is 0 Å². The molecule has 0 spiro atoms. The summed E-state index contributed by atoms with van der Waals surface area (Å²) < 4.78 is 5.06. The van der Waals surface area contributed by atoms with E-state index in [2.05, 4.69) is 13.8 Å². The first kappa shape index (κ1) is 23.4. The molecule has 0 heterocycles. The molecule has 0 rings (SSSR count). The average molecular weight is 345 g/mol. The normalized spacial score (nSPS) is 13.7. The van der Waals surface area contributed by atoms with Crippen LogP contribution >= 0.6 is 0 Å². The summed E-state index contributed by atoms with van der Waals surface area (Å²) in [6.07, 6.45) is 14.2. The Hall–Kier alpha value is -0.610. The number of hydrogen-bond donors (Lipinski definition) is 2. The Bertz CT molecular complexity index is 281. The van der Waals surface area contributed by atoms with Gasteiger partial charge in [0, 0.05) is 6.42 Å². The predicted octanol–water partition coefficient (Wildman–Crippen LogP) is 4.61. The van der Waals surface area contributed by atoms with Crippen molar-refractivity contribution in [3.8, 4) is 0 Å². The molecule has 0 aliphatic rings. The maximum absolute atomic E-state index is 11.9. The van der Waals surface area contributed by atoms with Gasteiger partial charge >= 0.3 is 5.97 Å². The van der Waals surface area contributed by atoms with Crippen molar-refractivity contribution in [2.45, 2.75) is 103 Å². The first-order valence-electron chi connectivity index (χ1n) is 10.1. The van der Waals surface area contributed by atoms with Crippen molar-refractivity contribution in [2.75, 3.05) is 13.2 Å². The molecule has 2 atom stereocenters. The molecule has 144 valence electrons. The van der Waals surface area contributed by atoms with Gasteiger partial charge in [0.2, 0.25) is 0 Å². The number of aliphatic hydroxyl groups is 2. The third-order valence-electron chi connectivity index (χ3n) is 4.53. The van der Waals surface area contributed by atoms with Crippen LogP contribution in [0.2, 0.25) is 0 Å². The van der Waals surface area contributed by atoms with Gasteiger partial charge in [0.05, 0.1) is 6.61 Å². The molecule has 0 amide bonds. The third-order valence-corrected chi connectivity index (χ3v) is 4.53. The molecule has 0 fully saturated rings. The summed E-state index contributed by atoms with van der Waals surface area (Å²) >= 11 is 0. The maximum Gasteiger partial charge on any atom is 0.306 e. The molecule has 24 heavy (non-hydrogen) atoms. The van der Waals surface area contributed by atoms with Gasteiger partial charge in [-0.05, 0) is 18.8 Å². The van der Waals surface area contributed by atoms with Crippen LogP contribution in [0.4, 0.5) is 0 Å². The molecule has 0 aromatic carbocycles. The Morgan fingerprint density at radius 2 is 1.38 bits per heavy atom. The van der Waals surface area contributed by atoms with Crippen LogP contribution in [0.5, 0.6) is 0 Å². The standard InChI is InChI=1S/C20H40O4/c1-3-5-7-9-10-12-14-18(13-11-8-6-4-2)15-20(23)24-17-19(22)16-21/h18-19,21-22H,3-17H2,1-2H3. The summed E-state index contributed by atoms with van der Waals surface area (Å²) in [5, 5.41) is 18.0. The first-order valence-corrected chi connectivity index (χ1v) is 10.1. The molecule has 0 aromatic rings. The first-order chi connectivity index (χ1) is 11.6. The van der Waals surface area contributed by atoms with Crippen LogP contribution in [0.1, 0.15) is 97.3 Å². The van der Waals surface area contributed by atoms with Gasteiger partial charge in [-0.25, -0.2) is 0 Å². The summed E-state index contributed by atoms with van der Waals surface area (Å²) in [4.78, 5) is 11.9. The summed E-state index contributed by atoms with van der Waals surface area (Å²) in [7, 11) is 0. The lowest BCUT2D eigenvalue weighted by molar-refractivity contribution is -0.148. The molecular formula is C20H40O4. The fourth-order valence-electron chi connectivity index (χ4n) is 2.96. The number of carbonyl (C=O) groups excluding carboxylic acids is 1. The molecule has 2 N–H and O–H groups in total. The molecule has 0 radical (unpaired) electrons. The second kappa shape index (κ2) is 17.2. The zero-order valence-corrected chi connectivity index (χ0v) is 16.0. The number of hydrogen-bond acceptors (Lipinski definition) is 4. The SMILES string of the molecule is CCCCCCCCC(CCCCCC)CC(=O)OCC(O)CO. The lowest BCUT2D eigenvalue weighted by atomic mass is 9.91. The lowest BCUT2D eigenvalue weighted by Crippen LogP contribution is -2.23. The molecule has 0 saturated carbocycles. The van der Waals surface area contributed by atoms with Crippen LogP contribution in [-0.4, -0.2) is 35.5 Å². The van der Waals surface area contributed by atoms with Crippen molar-refractivity contribution < 1.29 is 19.7 Å². The van der Waals surface area contributed by atoms with E-state index in [-0.39, 0.29) is 19.2 Å². The van der Waals surface area contributed by atoms with Crippen LogP contribution in [0.3, 0.4) is 0 Å². The highest BCUT2D eigenvalue weighted by atomic mass is 16.5. The highest BCUT2D eigenvalue weighted by Gasteiger charge is 2.16. The highest BCUT2D eigenvalue weighted by molar-refractivity contribution is 5.69.